The highest BCUT2D eigenvalue weighted by atomic mass is 32.2. The Balaban J connectivity index is 1.62. The Morgan fingerprint density at radius 1 is 0.968 bits per heavy atom. The van der Waals surface area contributed by atoms with E-state index in [1.165, 1.54) is 11.8 Å². The third-order valence-corrected chi connectivity index (χ3v) is 5.90. The quantitative estimate of drug-likeness (QED) is 0.378. The lowest BCUT2D eigenvalue weighted by Crippen LogP contribution is -2.33. The van der Waals surface area contributed by atoms with Crippen LogP contribution in [0.4, 0.5) is 11.4 Å². The van der Waals surface area contributed by atoms with Crippen molar-refractivity contribution in [1.82, 2.24) is 19.7 Å². The minimum Gasteiger partial charge on any atom is -0.302 e. The predicted molar refractivity (Wildman–Crippen MR) is 124 cm³/mol. The lowest BCUT2D eigenvalue weighted by atomic mass is 10.2. The zero-order valence-corrected chi connectivity index (χ0v) is 18.2. The summed E-state index contributed by atoms with van der Waals surface area (Å²) in [6.45, 7) is 4.64. The second-order valence-corrected chi connectivity index (χ2v) is 8.20. The molecular formula is C24H23N5OS. The molecule has 31 heavy (non-hydrogen) atoms. The molecule has 2 heterocycles. The molecule has 6 nitrogen and oxygen atoms in total. The highest BCUT2D eigenvalue weighted by molar-refractivity contribution is 8.00. The van der Waals surface area contributed by atoms with E-state index in [1.807, 2.05) is 91.2 Å². The van der Waals surface area contributed by atoms with Gasteiger partial charge in [-0.25, -0.2) is 0 Å². The topological polar surface area (TPSA) is 63.9 Å². The molecule has 0 N–H and O–H groups in total. The van der Waals surface area contributed by atoms with Crippen LogP contribution in [0.5, 0.6) is 0 Å². The van der Waals surface area contributed by atoms with Crippen LogP contribution in [0.3, 0.4) is 0 Å². The molecule has 4 rings (SSSR count). The second kappa shape index (κ2) is 9.57. The first-order valence-corrected chi connectivity index (χ1v) is 11.0. The molecule has 0 fully saturated rings. The Morgan fingerprint density at radius 2 is 1.61 bits per heavy atom. The van der Waals surface area contributed by atoms with Gasteiger partial charge >= 0.3 is 0 Å². The summed E-state index contributed by atoms with van der Waals surface area (Å²) in [5.41, 5.74) is 2.57. The van der Waals surface area contributed by atoms with Gasteiger partial charge in [0, 0.05) is 35.9 Å². The summed E-state index contributed by atoms with van der Waals surface area (Å²) in [6.07, 6.45) is 3.50. The summed E-state index contributed by atoms with van der Waals surface area (Å²) in [5.74, 6) is 0.733. The Bertz CT molecular complexity index is 1090. The smallest absolute Gasteiger partial charge is 0.244 e. The SMILES string of the molecule is CCn1c(S[C@H](C)C(=O)N(c2ccccc2)c2ccccc2)nnc1-c1cccnc1. The molecule has 0 radical (unpaired) electrons. The van der Waals surface area contributed by atoms with Crippen molar-refractivity contribution in [3.63, 3.8) is 0 Å². The monoisotopic (exact) mass is 429 g/mol. The van der Waals surface area contributed by atoms with Crippen molar-refractivity contribution in [1.29, 1.82) is 0 Å². The molecule has 0 aliphatic heterocycles. The highest BCUT2D eigenvalue weighted by Gasteiger charge is 2.26. The lowest BCUT2D eigenvalue weighted by molar-refractivity contribution is -0.117. The number of nitrogens with zero attached hydrogens (tertiary/aromatic N) is 5. The molecule has 0 saturated carbocycles. The first kappa shape index (κ1) is 20.8. The molecule has 0 saturated heterocycles. The number of pyridine rings is 1. The number of amides is 1. The molecule has 2 aromatic carbocycles. The maximum Gasteiger partial charge on any atom is 0.244 e. The second-order valence-electron chi connectivity index (χ2n) is 6.90. The summed E-state index contributed by atoms with van der Waals surface area (Å²) in [6, 6.07) is 23.2. The van der Waals surface area contributed by atoms with Crippen molar-refractivity contribution in [2.75, 3.05) is 4.90 Å². The van der Waals surface area contributed by atoms with Gasteiger partial charge in [0.2, 0.25) is 5.91 Å². The standard InChI is InChI=1S/C24H23N5OS/c1-3-28-22(19-11-10-16-25-17-19)26-27-24(28)31-18(2)23(30)29(20-12-6-4-7-13-20)21-14-8-5-9-15-21/h4-18H,3H2,1-2H3/t18-/m1/s1. The normalized spacial score (nSPS) is 11.8. The van der Waals surface area contributed by atoms with Gasteiger partial charge in [-0.1, -0.05) is 48.2 Å². The van der Waals surface area contributed by atoms with Crippen LogP contribution >= 0.6 is 11.8 Å². The maximum atomic E-state index is 13.6. The number of anilines is 2. The molecule has 2 aromatic heterocycles. The van der Waals surface area contributed by atoms with E-state index in [2.05, 4.69) is 15.2 Å². The van der Waals surface area contributed by atoms with Crippen LogP contribution in [0.25, 0.3) is 11.4 Å². The highest BCUT2D eigenvalue weighted by Crippen LogP contribution is 2.31. The third-order valence-electron chi connectivity index (χ3n) is 4.83. The van der Waals surface area contributed by atoms with Crippen LogP contribution in [0.15, 0.2) is 90.3 Å². The summed E-state index contributed by atoms with van der Waals surface area (Å²) < 4.78 is 2.01. The van der Waals surface area contributed by atoms with E-state index in [-0.39, 0.29) is 11.2 Å². The Hall–Kier alpha value is -3.45. The van der Waals surface area contributed by atoms with Gasteiger partial charge < -0.3 is 4.57 Å². The fourth-order valence-electron chi connectivity index (χ4n) is 3.32. The molecule has 1 amide bonds. The molecular weight excluding hydrogens is 406 g/mol. The van der Waals surface area contributed by atoms with E-state index in [9.17, 15) is 4.79 Å². The van der Waals surface area contributed by atoms with Crippen LogP contribution in [-0.4, -0.2) is 30.9 Å². The number of carbonyl (C=O) groups excluding carboxylic acids is 1. The van der Waals surface area contributed by atoms with E-state index >= 15 is 0 Å². The molecule has 0 aliphatic rings. The van der Waals surface area contributed by atoms with Crippen LogP contribution < -0.4 is 4.90 Å². The van der Waals surface area contributed by atoms with Crippen molar-refractivity contribution >= 4 is 29.0 Å². The first-order valence-electron chi connectivity index (χ1n) is 10.1. The Morgan fingerprint density at radius 3 is 2.16 bits per heavy atom. The summed E-state index contributed by atoms with van der Waals surface area (Å²) in [4.78, 5) is 19.5. The van der Waals surface area contributed by atoms with Crippen molar-refractivity contribution in [2.24, 2.45) is 0 Å². The third kappa shape index (κ3) is 4.51. The van der Waals surface area contributed by atoms with Gasteiger partial charge in [-0.2, -0.15) is 0 Å². The lowest BCUT2D eigenvalue weighted by Gasteiger charge is -2.25. The molecule has 0 unspecified atom stereocenters. The van der Waals surface area contributed by atoms with E-state index < -0.39 is 0 Å². The van der Waals surface area contributed by atoms with E-state index in [0.717, 1.165) is 22.8 Å². The molecule has 0 bridgehead atoms. The Labute approximate surface area is 186 Å². The average Bonchev–Trinajstić information content (AvgIpc) is 3.23. The number of rotatable bonds is 7. The van der Waals surface area contributed by atoms with E-state index in [0.29, 0.717) is 11.7 Å². The summed E-state index contributed by atoms with van der Waals surface area (Å²) in [7, 11) is 0. The average molecular weight is 430 g/mol. The number of aromatic nitrogens is 4. The molecule has 4 aromatic rings. The van der Waals surface area contributed by atoms with Crippen molar-refractivity contribution in [2.45, 2.75) is 30.8 Å². The summed E-state index contributed by atoms with van der Waals surface area (Å²) >= 11 is 1.41. The van der Waals surface area contributed by atoms with Crippen molar-refractivity contribution in [3.05, 3.63) is 85.2 Å². The largest absolute Gasteiger partial charge is 0.302 e. The van der Waals surface area contributed by atoms with Gasteiger partial charge in [0.05, 0.1) is 5.25 Å². The van der Waals surface area contributed by atoms with Crippen LogP contribution in [0.2, 0.25) is 0 Å². The van der Waals surface area contributed by atoms with Crippen LogP contribution in [0.1, 0.15) is 13.8 Å². The number of carbonyl (C=O) groups is 1. The Kier molecular flexibility index (Phi) is 6.43. The fourth-order valence-corrected chi connectivity index (χ4v) is 4.27. The molecule has 156 valence electrons. The first-order chi connectivity index (χ1) is 15.2. The molecule has 1 atom stereocenters. The molecule has 0 aliphatic carbocycles. The van der Waals surface area contributed by atoms with Gasteiger partial charge in [0.15, 0.2) is 11.0 Å². The number of thioether (sulfide) groups is 1. The minimum atomic E-state index is -0.364. The zero-order chi connectivity index (χ0) is 21.6. The van der Waals surface area contributed by atoms with Gasteiger partial charge in [-0.05, 0) is 50.2 Å². The number of hydrogen-bond donors (Lipinski definition) is 0. The van der Waals surface area contributed by atoms with Gasteiger partial charge in [-0.15, -0.1) is 10.2 Å². The zero-order valence-electron chi connectivity index (χ0n) is 17.4. The van der Waals surface area contributed by atoms with Gasteiger partial charge in [0.25, 0.3) is 0 Å². The van der Waals surface area contributed by atoms with Crippen molar-refractivity contribution in [3.8, 4) is 11.4 Å². The predicted octanol–water partition coefficient (Wildman–Crippen LogP) is 5.21. The van der Waals surface area contributed by atoms with E-state index in [1.54, 1.807) is 17.3 Å². The maximum absolute atomic E-state index is 13.6. The number of para-hydroxylation sites is 2. The molecule has 0 spiro atoms. The van der Waals surface area contributed by atoms with Crippen LogP contribution in [-0.2, 0) is 11.3 Å². The number of hydrogen-bond acceptors (Lipinski definition) is 5. The van der Waals surface area contributed by atoms with E-state index in [4.69, 9.17) is 0 Å². The van der Waals surface area contributed by atoms with Crippen LogP contribution in [0, 0.1) is 0 Å². The van der Waals surface area contributed by atoms with Crippen molar-refractivity contribution < 1.29 is 4.79 Å². The van der Waals surface area contributed by atoms with Gasteiger partial charge in [-0.3, -0.25) is 14.7 Å². The summed E-state index contributed by atoms with van der Waals surface area (Å²) in [5, 5.41) is 9.07. The fraction of sp³-hybridized carbons (Fsp3) is 0.167. The number of benzene rings is 2. The molecule has 7 heteroatoms. The minimum absolute atomic E-state index is 0.0176. The van der Waals surface area contributed by atoms with Gasteiger partial charge in [0.1, 0.15) is 0 Å².